The average Bonchev–Trinajstić information content (AvgIpc) is 2.15. The molecule has 0 aromatic carbocycles. The van der Waals surface area contributed by atoms with Gasteiger partial charge >= 0.3 is 0 Å². The predicted molar refractivity (Wildman–Crippen MR) is 69.0 cm³/mol. The van der Waals surface area contributed by atoms with E-state index in [9.17, 15) is 0 Å². The molecule has 0 aliphatic rings. The molecule has 0 saturated heterocycles. The second kappa shape index (κ2) is 4.94. The van der Waals surface area contributed by atoms with Gasteiger partial charge in [0.1, 0.15) is 0 Å². The standard InChI is InChI=1S/C14H24N2/c1-8(2)12-11(7)13(9(3)4)15-16-14(12)10(5)6/h8-10H,1-7H3. The second-order valence-electron chi connectivity index (χ2n) is 5.47. The van der Waals surface area contributed by atoms with E-state index in [1.807, 2.05) is 0 Å². The summed E-state index contributed by atoms with van der Waals surface area (Å²) in [6.45, 7) is 15.4. The zero-order valence-corrected chi connectivity index (χ0v) is 11.6. The monoisotopic (exact) mass is 220 g/mol. The van der Waals surface area contributed by atoms with Crippen LogP contribution in [0.1, 0.15) is 81.8 Å². The van der Waals surface area contributed by atoms with E-state index in [2.05, 4.69) is 58.7 Å². The minimum atomic E-state index is 0.449. The number of hydrogen-bond donors (Lipinski definition) is 0. The summed E-state index contributed by atoms with van der Waals surface area (Å²) in [5.74, 6) is 1.42. The Kier molecular flexibility index (Phi) is 4.06. The van der Waals surface area contributed by atoms with Gasteiger partial charge in [-0.2, -0.15) is 10.2 Å². The summed E-state index contributed by atoms with van der Waals surface area (Å²) < 4.78 is 0. The molecule has 0 fully saturated rings. The van der Waals surface area contributed by atoms with Gasteiger partial charge in [0.15, 0.2) is 0 Å². The Morgan fingerprint density at radius 3 is 1.50 bits per heavy atom. The van der Waals surface area contributed by atoms with Crippen LogP contribution in [0, 0.1) is 6.92 Å². The van der Waals surface area contributed by atoms with Crippen LogP contribution in [-0.4, -0.2) is 10.2 Å². The zero-order valence-electron chi connectivity index (χ0n) is 11.6. The van der Waals surface area contributed by atoms with Crippen molar-refractivity contribution in [1.82, 2.24) is 10.2 Å². The highest BCUT2D eigenvalue weighted by Gasteiger charge is 2.19. The average molecular weight is 220 g/mol. The van der Waals surface area contributed by atoms with Gasteiger partial charge in [-0.3, -0.25) is 0 Å². The molecule has 0 saturated carbocycles. The van der Waals surface area contributed by atoms with Crippen LogP contribution in [0.5, 0.6) is 0 Å². The van der Waals surface area contributed by atoms with E-state index in [0.29, 0.717) is 17.8 Å². The fourth-order valence-corrected chi connectivity index (χ4v) is 2.27. The van der Waals surface area contributed by atoms with Crippen LogP contribution in [-0.2, 0) is 0 Å². The molecule has 0 aliphatic heterocycles. The Labute approximate surface area is 99.5 Å². The molecule has 2 heteroatoms. The number of hydrogen-bond acceptors (Lipinski definition) is 2. The molecule has 1 heterocycles. The Morgan fingerprint density at radius 2 is 1.12 bits per heavy atom. The Hall–Kier alpha value is -0.920. The molecule has 1 aromatic rings. The van der Waals surface area contributed by atoms with Crippen LogP contribution < -0.4 is 0 Å². The quantitative estimate of drug-likeness (QED) is 0.764. The number of nitrogens with zero attached hydrogens (tertiary/aromatic N) is 2. The van der Waals surface area contributed by atoms with Gasteiger partial charge in [-0.15, -0.1) is 0 Å². The van der Waals surface area contributed by atoms with E-state index >= 15 is 0 Å². The van der Waals surface area contributed by atoms with Gasteiger partial charge < -0.3 is 0 Å². The minimum absolute atomic E-state index is 0.449. The first-order chi connectivity index (χ1) is 7.36. The number of aromatic nitrogens is 2. The lowest BCUT2D eigenvalue weighted by Crippen LogP contribution is -2.11. The molecule has 0 amide bonds. The van der Waals surface area contributed by atoms with E-state index in [-0.39, 0.29) is 0 Å². The molecule has 0 atom stereocenters. The summed E-state index contributed by atoms with van der Waals surface area (Å²) >= 11 is 0. The van der Waals surface area contributed by atoms with Gasteiger partial charge in [0.25, 0.3) is 0 Å². The van der Waals surface area contributed by atoms with Crippen LogP contribution in [0.3, 0.4) is 0 Å². The van der Waals surface area contributed by atoms with Crippen molar-refractivity contribution in [2.75, 3.05) is 0 Å². The van der Waals surface area contributed by atoms with Gasteiger partial charge in [0, 0.05) is 0 Å². The molecule has 16 heavy (non-hydrogen) atoms. The maximum absolute atomic E-state index is 4.43. The first kappa shape index (κ1) is 13.1. The summed E-state index contributed by atoms with van der Waals surface area (Å²) in [7, 11) is 0. The lowest BCUT2D eigenvalue weighted by atomic mass is 9.89. The third-order valence-electron chi connectivity index (χ3n) is 3.00. The fraction of sp³-hybridized carbons (Fsp3) is 0.714. The molecule has 0 spiro atoms. The summed E-state index contributed by atoms with van der Waals surface area (Å²) in [5, 5.41) is 8.82. The summed E-state index contributed by atoms with van der Waals surface area (Å²) in [6, 6.07) is 0. The van der Waals surface area contributed by atoms with Crippen LogP contribution >= 0.6 is 0 Å². The second-order valence-corrected chi connectivity index (χ2v) is 5.47. The Morgan fingerprint density at radius 1 is 0.688 bits per heavy atom. The van der Waals surface area contributed by atoms with Crippen molar-refractivity contribution in [2.24, 2.45) is 0 Å². The van der Waals surface area contributed by atoms with Crippen molar-refractivity contribution in [1.29, 1.82) is 0 Å². The van der Waals surface area contributed by atoms with Gasteiger partial charge in [-0.1, -0.05) is 41.5 Å². The largest absolute Gasteiger partial charge is 0.155 e. The van der Waals surface area contributed by atoms with Gasteiger partial charge in [-0.05, 0) is 35.8 Å². The highest BCUT2D eigenvalue weighted by molar-refractivity contribution is 5.36. The van der Waals surface area contributed by atoms with Gasteiger partial charge in [0.2, 0.25) is 0 Å². The predicted octanol–water partition coefficient (Wildman–Crippen LogP) is 4.16. The summed E-state index contributed by atoms with van der Waals surface area (Å²) in [4.78, 5) is 0. The van der Waals surface area contributed by atoms with E-state index in [1.54, 1.807) is 0 Å². The molecule has 2 nitrogen and oxygen atoms in total. The normalized spacial score (nSPS) is 11.9. The van der Waals surface area contributed by atoms with E-state index in [1.165, 1.54) is 11.1 Å². The van der Waals surface area contributed by atoms with Crippen molar-refractivity contribution in [3.63, 3.8) is 0 Å². The third-order valence-corrected chi connectivity index (χ3v) is 3.00. The van der Waals surface area contributed by atoms with Crippen molar-refractivity contribution >= 4 is 0 Å². The van der Waals surface area contributed by atoms with Gasteiger partial charge in [-0.25, -0.2) is 0 Å². The summed E-state index contributed by atoms with van der Waals surface area (Å²) in [5.41, 5.74) is 5.04. The van der Waals surface area contributed by atoms with Crippen molar-refractivity contribution in [3.8, 4) is 0 Å². The molecule has 0 bridgehead atoms. The molecule has 0 radical (unpaired) electrons. The fourth-order valence-electron chi connectivity index (χ4n) is 2.27. The maximum atomic E-state index is 4.43. The highest BCUT2D eigenvalue weighted by Crippen LogP contribution is 2.30. The lowest BCUT2D eigenvalue weighted by molar-refractivity contribution is 0.683. The van der Waals surface area contributed by atoms with E-state index < -0.39 is 0 Å². The molecule has 1 rings (SSSR count). The van der Waals surface area contributed by atoms with Gasteiger partial charge in [0.05, 0.1) is 11.4 Å². The molecule has 1 aromatic heterocycles. The minimum Gasteiger partial charge on any atom is -0.155 e. The summed E-state index contributed by atoms with van der Waals surface area (Å²) in [6.07, 6.45) is 0. The topological polar surface area (TPSA) is 25.8 Å². The SMILES string of the molecule is Cc1c(C(C)C)nnc(C(C)C)c1C(C)C. The third kappa shape index (κ3) is 2.42. The van der Waals surface area contributed by atoms with Crippen molar-refractivity contribution < 1.29 is 0 Å². The molecule has 0 aliphatic carbocycles. The smallest absolute Gasteiger partial charge is 0.0693 e. The van der Waals surface area contributed by atoms with Crippen molar-refractivity contribution in [3.05, 3.63) is 22.5 Å². The molecule has 90 valence electrons. The van der Waals surface area contributed by atoms with Crippen LogP contribution in [0.15, 0.2) is 0 Å². The van der Waals surface area contributed by atoms with Crippen molar-refractivity contribution in [2.45, 2.75) is 66.2 Å². The zero-order chi connectivity index (χ0) is 12.5. The highest BCUT2D eigenvalue weighted by atomic mass is 15.1. The number of rotatable bonds is 3. The molecule has 0 unspecified atom stereocenters. The molecular formula is C14H24N2. The first-order valence-corrected chi connectivity index (χ1v) is 6.23. The first-order valence-electron chi connectivity index (χ1n) is 6.23. The van der Waals surface area contributed by atoms with Crippen LogP contribution in [0.2, 0.25) is 0 Å². The lowest BCUT2D eigenvalue weighted by Gasteiger charge is -2.20. The van der Waals surface area contributed by atoms with Crippen LogP contribution in [0.4, 0.5) is 0 Å². The maximum Gasteiger partial charge on any atom is 0.0693 e. The molecule has 0 N–H and O–H groups in total. The molecular weight excluding hydrogens is 196 g/mol. The Bertz CT molecular complexity index is 365. The van der Waals surface area contributed by atoms with E-state index in [0.717, 1.165) is 11.4 Å². The van der Waals surface area contributed by atoms with E-state index in [4.69, 9.17) is 0 Å². The van der Waals surface area contributed by atoms with Crippen LogP contribution in [0.25, 0.3) is 0 Å². The Balaban J connectivity index is 3.42.